The van der Waals surface area contributed by atoms with Crippen LogP contribution in [0.5, 0.6) is 11.5 Å². The Morgan fingerprint density at radius 1 is 0.486 bits per heavy atom. The molecule has 2 heterocycles. The molecule has 0 radical (unpaired) electrons. The quantitative estimate of drug-likeness (QED) is 0.247. The first-order valence-corrected chi connectivity index (χ1v) is 11.6. The second-order valence-electron chi connectivity index (χ2n) is 8.40. The molecule has 4 aromatic rings. The van der Waals surface area contributed by atoms with Crippen LogP contribution >= 0.6 is 0 Å². The molecule has 2 aromatic carbocycles. The summed E-state index contributed by atoms with van der Waals surface area (Å²) in [7, 11) is 0. The maximum absolute atomic E-state index is 6.20. The molecule has 6 nitrogen and oxygen atoms in total. The molecule has 180 valence electrons. The zero-order valence-electron chi connectivity index (χ0n) is 19.7. The number of rotatable bonds is 14. The van der Waals surface area contributed by atoms with Gasteiger partial charge in [0.2, 0.25) is 0 Å². The smallest absolute Gasteiger partial charge is 0.122 e. The van der Waals surface area contributed by atoms with Crippen LogP contribution < -0.4 is 9.47 Å². The molecule has 0 N–H and O–H groups in total. The van der Waals surface area contributed by atoms with E-state index in [0.717, 1.165) is 22.6 Å². The van der Waals surface area contributed by atoms with Gasteiger partial charge in [-0.2, -0.15) is 0 Å². The van der Waals surface area contributed by atoms with Crippen LogP contribution in [0.3, 0.4) is 0 Å². The third-order valence-electron chi connectivity index (χ3n) is 5.43. The number of ether oxygens (including phenoxy) is 4. The third-order valence-corrected chi connectivity index (χ3v) is 5.43. The second kappa shape index (κ2) is 13.2. The number of nitrogens with zero attached hydrogens (tertiary/aromatic N) is 2. The zero-order valence-corrected chi connectivity index (χ0v) is 19.7. The highest BCUT2D eigenvalue weighted by Crippen LogP contribution is 2.25. The van der Waals surface area contributed by atoms with E-state index in [1.807, 2.05) is 60.7 Å². The first-order valence-electron chi connectivity index (χ1n) is 11.6. The Balaban J connectivity index is 1.49. The number of benzene rings is 2. The molecule has 0 amide bonds. The number of aromatic nitrogens is 2. The minimum atomic E-state index is -0.559. The highest BCUT2D eigenvalue weighted by atomic mass is 16.5. The van der Waals surface area contributed by atoms with Gasteiger partial charge >= 0.3 is 0 Å². The molecule has 0 atom stereocenters. The zero-order chi connectivity index (χ0) is 24.0. The van der Waals surface area contributed by atoms with Gasteiger partial charge in [0.25, 0.3) is 0 Å². The highest BCUT2D eigenvalue weighted by Gasteiger charge is 2.34. The maximum atomic E-state index is 6.20. The van der Waals surface area contributed by atoms with Crippen molar-refractivity contribution in [3.8, 4) is 11.5 Å². The molecule has 6 heteroatoms. The Hall–Kier alpha value is -3.74. The molecule has 0 aliphatic carbocycles. The summed E-state index contributed by atoms with van der Waals surface area (Å²) in [6, 6.07) is 27.6. The molecule has 4 rings (SSSR count). The first kappa shape index (κ1) is 24.4. The van der Waals surface area contributed by atoms with E-state index in [2.05, 4.69) is 34.2 Å². The molecule has 0 spiro atoms. The van der Waals surface area contributed by atoms with E-state index in [9.17, 15) is 0 Å². The van der Waals surface area contributed by atoms with E-state index in [-0.39, 0.29) is 0 Å². The lowest BCUT2D eigenvalue weighted by Gasteiger charge is -2.33. The standard InChI is InChI=1S/C29H30N2O4/c1-3-7-25(8-4-1)19-32-21-29(23-34-27-11-15-30-16-12-27,24-35-28-13-17-31-18-14-28)22-33-20-26-9-5-2-6-10-26/h1-18H,19-24H2. The molecule has 0 unspecified atom stereocenters. The van der Waals surface area contributed by atoms with Gasteiger partial charge in [-0.3, -0.25) is 9.97 Å². The van der Waals surface area contributed by atoms with E-state index < -0.39 is 5.41 Å². The fraction of sp³-hybridized carbons (Fsp3) is 0.241. The van der Waals surface area contributed by atoms with Gasteiger partial charge in [0.15, 0.2) is 0 Å². The van der Waals surface area contributed by atoms with Crippen molar-refractivity contribution in [2.75, 3.05) is 26.4 Å². The minimum absolute atomic E-state index is 0.353. The molecular weight excluding hydrogens is 440 g/mol. The van der Waals surface area contributed by atoms with E-state index in [1.165, 1.54) is 0 Å². The van der Waals surface area contributed by atoms with Crippen molar-refractivity contribution in [3.05, 3.63) is 121 Å². The van der Waals surface area contributed by atoms with E-state index in [0.29, 0.717) is 39.6 Å². The van der Waals surface area contributed by atoms with Crippen LogP contribution in [0.25, 0.3) is 0 Å². The van der Waals surface area contributed by atoms with Crippen LogP contribution in [0.2, 0.25) is 0 Å². The summed E-state index contributed by atoms with van der Waals surface area (Å²) >= 11 is 0. The topological polar surface area (TPSA) is 62.7 Å². The molecule has 0 fully saturated rings. The second-order valence-corrected chi connectivity index (χ2v) is 8.40. The third kappa shape index (κ3) is 8.21. The van der Waals surface area contributed by atoms with Crippen molar-refractivity contribution in [3.63, 3.8) is 0 Å². The molecule has 0 bridgehead atoms. The maximum Gasteiger partial charge on any atom is 0.122 e. The molecule has 0 aliphatic heterocycles. The van der Waals surface area contributed by atoms with E-state index in [1.54, 1.807) is 24.8 Å². The van der Waals surface area contributed by atoms with Crippen LogP contribution in [0.15, 0.2) is 110 Å². The Morgan fingerprint density at radius 2 is 0.886 bits per heavy atom. The normalized spacial score (nSPS) is 11.2. The van der Waals surface area contributed by atoms with Gasteiger partial charge in [-0.1, -0.05) is 60.7 Å². The summed E-state index contributed by atoms with van der Waals surface area (Å²) in [5.41, 5.74) is 1.66. The monoisotopic (exact) mass is 470 g/mol. The summed E-state index contributed by atoms with van der Waals surface area (Å²) < 4.78 is 24.7. The predicted octanol–water partition coefficient (Wildman–Crippen LogP) is 5.35. The molecule has 35 heavy (non-hydrogen) atoms. The van der Waals surface area contributed by atoms with Gasteiger partial charge in [-0.05, 0) is 35.4 Å². The van der Waals surface area contributed by atoms with Gasteiger partial charge in [-0.25, -0.2) is 0 Å². The Bertz CT molecular complexity index is 1010. The Kier molecular flexibility index (Phi) is 9.21. The number of hydrogen-bond acceptors (Lipinski definition) is 6. The summed E-state index contributed by atoms with van der Waals surface area (Å²) in [5.74, 6) is 1.47. The van der Waals surface area contributed by atoms with Gasteiger partial charge in [0.05, 0.1) is 31.8 Å². The average Bonchev–Trinajstić information content (AvgIpc) is 2.93. The Labute approximate surface area is 206 Å². The lowest BCUT2D eigenvalue weighted by Crippen LogP contribution is -2.43. The van der Waals surface area contributed by atoms with Gasteiger partial charge in [-0.15, -0.1) is 0 Å². The van der Waals surface area contributed by atoms with Crippen molar-refractivity contribution in [2.45, 2.75) is 13.2 Å². The minimum Gasteiger partial charge on any atom is -0.493 e. The van der Waals surface area contributed by atoms with Crippen molar-refractivity contribution in [2.24, 2.45) is 5.41 Å². The van der Waals surface area contributed by atoms with Crippen LogP contribution in [-0.4, -0.2) is 36.4 Å². The SMILES string of the molecule is c1ccc(COCC(COCc2ccccc2)(COc2ccncc2)COc2ccncc2)cc1. The van der Waals surface area contributed by atoms with Gasteiger partial charge < -0.3 is 18.9 Å². The number of hydrogen-bond donors (Lipinski definition) is 0. The van der Waals surface area contributed by atoms with E-state index >= 15 is 0 Å². The predicted molar refractivity (Wildman–Crippen MR) is 134 cm³/mol. The van der Waals surface area contributed by atoms with Crippen LogP contribution in [-0.2, 0) is 22.7 Å². The first-order chi connectivity index (χ1) is 17.3. The summed E-state index contributed by atoms with van der Waals surface area (Å²) in [5, 5.41) is 0. The van der Waals surface area contributed by atoms with Crippen LogP contribution in [0.4, 0.5) is 0 Å². The average molecular weight is 471 g/mol. The van der Waals surface area contributed by atoms with E-state index in [4.69, 9.17) is 18.9 Å². The van der Waals surface area contributed by atoms with Gasteiger partial charge in [0.1, 0.15) is 24.7 Å². The van der Waals surface area contributed by atoms with Crippen molar-refractivity contribution in [1.82, 2.24) is 9.97 Å². The summed E-state index contributed by atoms with van der Waals surface area (Å²) in [6.07, 6.45) is 6.84. The van der Waals surface area contributed by atoms with Crippen molar-refractivity contribution >= 4 is 0 Å². The number of pyridine rings is 2. The molecule has 0 saturated carbocycles. The molecule has 2 aromatic heterocycles. The molecule has 0 saturated heterocycles. The Morgan fingerprint density at radius 3 is 1.29 bits per heavy atom. The van der Waals surface area contributed by atoms with Crippen molar-refractivity contribution < 1.29 is 18.9 Å². The summed E-state index contributed by atoms with van der Waals surface area (Å²) in [4.78, 5) is 8.14. The largest absolute Gasteiger partial charge is 0.493 e. The fourth-order valence-corrected chi connectivity index (χ4v) is 3.51. The lowest BCUT2D eigenvalue weighted by molar-refractivity contribution is -0.0744. The molecular formula is C29H30N2O4. The van der Waals surface area contributed by atoms with Crippen molar-refractivity contribution in [1.29, 1.82) is 0 Å². The fourth-order valence-electron chi connectivity index (χ4n) is 3.51. The van der Waals surface area contributed by atoms with Crippen LogP contribution in [0.1, 0.15) is 11.1 Å². The molecule has 0 aliphatic rings. The highest BCUT2D eigenvalue weighted by molar-refractivity contribution is 5.19. The lowest BCUT2D eigenvalue weighted by atomic mass is 9.92. The summed E-state index contributed by atoms with van der Waals surface area (Å²) in [6.45, 7) is 2.48. The van der Waals surface area contributed by atoms with Crippen LogP contribution in [0, 0.1) is 5.41 Å². The van der Waals surface area contributed by atoms with Gasteiger partial charge in [0, 0.05) is 24.8 Å².